The van der Waals surface area contributed by atoms with Crippen molar-refractivity contribution in [1.82, 2.24) is 9.55 Å². The van der Waals surface area contributed by atoms with Gasteiger partial charge in [-0.1, -0.05) is 0 Å². The molecule has 0 aromatic carbocycles. The van der Waals surface area contributed by atoms with E-state index in [0.717, 1.165) is 4.57 Å². The Morgan fingerprint density at radius 2 is 2.22 bits per heavy atom. The Balaban J connectivity index is 2.32. The van der Waals surface area contributed by atoms with Gasteiger partial charge in [-0.3, -0.25) is 4.57 Å². The molecule has 8 heteroatoms. The first kappa shape index (κ1) is 13.0. The number of aliphatic hydroxyl groups excluding tert-OH is 3. The third-order valence-corrected chi connectivity index (χ3v) is 2.98. The van der Waals surface area contributed by atoms with Gasteiger partial charge < -0.3 is 25.8 Å². The summed E-state index contributed by atoms with van der Waals surface area (Å²) in [6, 6.07) is 1.40. The van der Waals surface area contributed by atoms with Crippen LogP contribution in [0.25, 0.3) is 0 Å². The van der Waals surface area contributed by atoms with Gasteiger partial charge in [-0.25, -0.2) is 4.79 Å². The average molecular weight is 257 g/mol. The maximum Gasteiger partial charge on any atom is 0.351 e. The van der Waals surface area contributed by atoms with Crippen molar-refractivity contribution in [3.05, 3.63) is 22.7 Å². The fourth-order valence-corrected chi connectivity index (χ4v) is 1.98. The first-order chi connectivity index (χ1) is 8.51. The Morgan fingerprint density at radius 1 is 1.56 bits per heavy atom. The topological polar surface area (TPSA) is 131 Å². The second kappa shape index (κ2) is 4.65. The first-order valence-electron chi connectivity index (χ1n) is 5.43. The van der Waals surface area contributed by atoms with Crippen molar-refractivity contribution in [2.75, 3.05) is 18.9 Å². The lowest BCUT2D eigenvalue weighted by molar-refractivity contribution is -0.130. The largest absolute Gasteiger partial charge is 0.393 e. The smallest absolute Gasteiger partial charge is 0.351 e. The van der Waals surface area contributed by atoms with Crippen molar-refractivity contribution in [1.29, 1.82) is 0 Å². The first-order valence-corrected chi connectivity index (χ1v) is 5.43. The molecule has 2 heterocycles. The van der Waals surface area contributed by atoms with Crippen LogP contribution in [0, 0.1) is 0 Å². The Kier molecular flexibility index (Phi) is 3.35. The van der Waals surface area contributed by atoms with Crippen LogP contribution < -0.4 is 11.4 Å². The van der Waals surface area contributed by atoms with E-state index in [4.69, 9.17) is 10.5 Å². The van der Waals surface area contributed by atoms with Crippen LogP contribution in [0.15, 0.2) is 17.1 Å². The van der Waals surface area contributed by atoms with Gasteiger partial charge >= 0.3 is 5.69 Å². The number of nitrogen functional groups attached to an aromatic ring is 1. The molecule has 100 valence electrons. The van der Waals surface area contributed by atoms with E-state index in [-0.39, 0.29) is 12.2 Å². The molecule has 1 fully saturated rings. The minimum Gasteiger partial charge on any atom is -0.393 e. The Labute approximate surface area is 102 Å². The zero-order valence-electron chi connectivity index (χ0n) is 9.56. The summed E-state index contributed by atoms with van der Waals surface area (Å²) in [6.45, 7) is -0.900. The molecule has 0 aliphatic carbocycles. The fourth-order valence-electron chi connectivity index (χ4n) is 1.98. The molecule has 2 rings (SSSR count). The normalized spacial score (nSPS) is 26.4. The van der Waals surface area contributed by atoms with Crippen molar-refractivity contribution < 1.29 is 20.1 Å². The highest BCUT2D eigenvalue weighted by atomic mass is 16.6. The Morgan fingerprint density at radius 3 is 2.72 bits per heavy atom. The molecule has 1 saturated heterocycles. The van der Waals surface area contributed by atoms with Crippen LogP contribution in [-0.4, -0.2) is 49.8 Å². The molecule has 1 aromatic rings. The average Bonchev–Trinajstić information content (AvgIpc) is 2.67. The molecule has 0 unspecified atom stereocenters. The lowest BCUT2D eigenvalue weighted by atomic mass is 10.0. The van der Waals surface area contributed by atoms with E-state index in [1.54, 1.807) is 0 Å². The van der Waals surface area contributed by atoms with E-state index in [0.29, 0.717) is 0 Å². The number of hydrogen-bond acceptors (Lipinski definition) is 7. The van der Waals surface area contributed by atoms with Gasteiger partial charge in [0, 0.05) is 12.6 Å². The van der Waals surface area contributed by atoms with Gasteiger partial charge in [0.2, 0.25) is 0 Å². The van der Waals surface area contributed by atoms with E-state index in [1.165, 1.54) is 12.3 Å². The zero-order chi connectivity index (χ0) is 13.3. The van der Waals surface area contributed by atoms with Crippen molar-refractivity contribution in [2.45, 2.75) is 24.4 Å². The molecular weight excluding hydrogens is 242 g/mol. The lowest BCUT2D eigenvalue weighted by Crippen LogP contribution is -2.38. The molecule has 1 aliphatic rings. The van der Waals surface area contributed by atoms with E-state index < -0.39 is 36.8 Å². The molecule has 1 aliphatic heterocycles. The molecule has 2 atom stereocenters. The number of nitrogens with zero attached hydrogens (tertiary/aromatic N) is 2. The summed E-state index contributed by atoms with van der Waals surface area (Å²) in [5.41, 5.74) is 3.45. The van der Waals surface area contributed by atoms with Gasteiger partial charge in [0.05, 0.1) is 13.2 Å². The second-order valence-electron chi connectivity index (χ2n) is 4.32. The molecule has 0 radical (unpaired) electrons. The maximum absolute atomic E-state index is 11.6. The van der Waals surface area contributed by atoms with Crippen molar-refractivity contribution in [3.63, 3.8) is 0 Å². The SMILES string of the molecule is Nc1ccn([C@@H]2OC(CO)(CO)C[C@H]2O)c(=O)n1. The van der Waals surface area contributed by atoms with Crippen LogP contribution in [-0.2, 0) is 4.74 Å². The van der Waals surface area contributed by atoms with Crippen LogP contribution in [0.2, 0.25) is 0 Å². The minimum atomic E-state index is -1.25. The number of aromatic nitrogens is 2. The summed E-state index contributed by atoms with van der Waals surface area (Å²) in [4.78, 5) is 15.1. The standard InChI is InChI=1S/C10H15N3O5/c11-7-1-2-13(9(17)12-7)8-6(16)3-10(4-14,5-15)18-8/h1-2,6,8,14-16H,3-5H2,(H2,11,12,17)/t6-,8-/m1/s1. The number of rotatable bonds is 3. The third kappa shape index (κ3) is 2.10. The minimum absolute atomic E-state index is 0.0292. The molecule has 8 nitrogen and oxygen atoms in total. The van der Waals surface area contributed by atoms with Crippen LogP contribution in [0.3, 0.4) is 0 Å². The van der Waals surface area contributed by atoms with Crippen LogP contribution in [0.5, 0.6) is 0 Å². The molecule has 1 aromatic heterocycles. The lowest BCUT2D eigenvalue weighted by Gasteiger charge is -2.24. The van der Waals surface area contributed by atoms with Crippen molar-refractivity contribution >= 4 is 5.82 Å². The van der Waals surface area contributed by atoms with E-state index in [9.17, 15) is 20.1 Å². The highest BCUT2D eigenvalue weighted by Crippen LogP contribution is 2.35. The van der Waals surface area contributed by atoms with E-state index in [2.05, 4.69) is 4.98 Å². The van der Waals surface area contributed by atoms with Crippen LogP contribution >= 0.6 is 0 Å². The van der Waals surface area contributed by atoms with Gasteiger partial charge in [-0.2, -0.15) is 4.98 Å². The predicted octanol–water partition coefficient (Wildman–Crippen LogP) is -2.17. The number of aliphatic hydroxyl groups is 3. The second-order valence-corrected chi connectivity index (χ2v) is 4.32. The summed E-state index contributed by atoms with van der Waals surface area (Å²) in [6.07, 6.45) is -0.637. The summed E-state index contributed by atoms with van der Waals surface area (Å²) in [5.74, 6) is 0.0688. The molecule has 0 bridgehead atoms. The number of nitrogens with two attached hydrogens (primary N) is 1. The Bertz CT molecular complexity index is 485. The summed E-state index contributed by atoms with van der Waals surface area (Å²) < 4.78 is 6.48. The Hall–Kier alpha value is -1.48. The van der Waals surface area contributed by atoms with Crippen molar-refractivity contribution in [2.24, 2.45) is 0 Å². The quantitative estimate of drug-likeness (QED) is 0.484. The highest BCUT2D eigenvalue weighted by Gasteiger charge is 2.46. The molecule has 18 heavy (non-hydrogen) atoms. The molecule has 5 N–H and O–H groups in total. The number of anilines is 1. The van der Waals surface area contributed by atoms with Gasteiger partial charge in [-0.05, 0) is 6.07 Å². The summed E-state index contributed by atoms with van der Waals surface area (Å²) >= 11 is 0. The monoisotopic (exact) mass is 257 g/mol. The molecule has 0 saturated carbocycles. The fraction of sp³-hybridized carbons (Fsp3) is 0.600. The van der Waals surface area contributed by atoms with E-state index >= 15 is 0 Å². The third-order valence-electron chi connectivity index (χ3n) is 2.98. The number of hydrogen-bond donors (Lipinski definition) is 4. The zero-order valence-corrected chi connectivity index (χ0v) is 9.56. The summed E-state index contributed by atoms with van der Waals surface area (Å²) in [7, 11) is 0. The highest BCUT2D eigenvalue weighted by molar-refractivity contribution is 5.23. The molecule has 0 spiro atoms. The van der Waals surface area contributed by atoms with E-state index in [1.807, 2.05) is 0 Å². The molecule has 0 amide bonds. The van der Waals surface area contributed by atoms with Gasteiger partial charge in [0.15, 0.2) is 6.23 Å². The molecular formula is C10H15N3O5. The maximum atomic E-state index is 11.6. The van der Waals surface area contributed by atoms with Gasteiger partial charge in [-0.15, -0.1) is 0 Å². The van der Waals surface area contributed by atoms with Crippen LogP contribution in [0.4, 0.5) is 5.82 Å². The summed E-state index contributed by atoms with van der Waals surface area (Å²) in [5, 5.41) is 28.3. The number of ether oxygens (including phenoxy) is 1. The van der Waals surface area contributed by atoms with Gasteiger partial charge in [0.25, 0.3) is 0 Å². The van der Waals surface area contributed by atoms with Crippen LogP contribution in [0.1, 0.15) is 12.6 Å². The van der Waals surface area contributed by atoms with Crippen molar-refractivity contribution in [3.8, 4) is 0 Å². The van der Waals surface area contributed by atoms with Gasteiger partial charge in [0.1, 0.15) is 17.5 Å². The predicted molar refractivity (Wildman–Crippen MR) is 60.6 cm³/mol.